The molecule has 16 heavy (non-hydrogen) atoms. The molecule has 0 aliphatic carbocycles. The zero-order chi connectivity index (χ0) is 12.6. The van der Waals surface area contributed by atoms with Gasteiger partial charge in [-0.15, -0.1) is 6.58 Å². The van der Waals surface area contributed by atoms with Gasteiger partial charge < -0.3 is 10.4 Å². The molecule has 0 spiro atoms. The zero-order valence-electron chi connectivity index (χ0n) is 9.16. The van der Waals surface area contributed by atoms with Gasteiger partial charge in [-0.2, -0.15) is 0 Å². The van der Waals surface area contributed by atoms with Gasteiger partial charge in [0.15, 0.2) is 0 Å². The molecule has 0 radical (unpaired) electrons. The van der Waals surface area contributed by atoms with Crippen LogP contribution in [-0.4, -0.2) is 29.6 Å². The Bertz CT molecular complexity index is 289. The standard InChI is InChI=1S/C10H16N2O4/c1-3-4-11-10(16)12-8(13)5-7(2)6-9(14)15/h3,7H,1,4-6H2,2H3,(H,14,15)(H2,11,12,13,16). The predicted molar refractivity (Wildman–Crippen MR) is 57.8 cm³/mol. The summed E-state index contributed by atoms with van der Waals surface area (Å²) in [6, 6.07) is -0.604. The SMILES string of the molecule is C=CCNC(=O)NC(=O)CC(C)CC(=O)O. The summed E-state index contributed by atoms with van der Waals surface area (Å²) in [6.07, 6.45) is 1.40. The number of carboxylic acid groups (broad SMARTS) is 1. The number of hydrogen-bond acceptors (Lipinski definition) is 3. The van der Waals surface area contributed by atoms with E-state index in [1.165, 1.54) is 6.08 Å². The Labute approximate surface area is 93.7 Å². The number of aliphatic carboxylic acids is 1. The van der Waals surface area contributed by atoms with Crippen LogP contribution in [0.3, 0.4) is 0 Å². The molecule has 0 aliphatic heterocycles. The molecule has 0 saturated carbocycles. The van der Waals surface area contributed by atoms with Crippen molar-refractivity contribution in [3.8, 4) is 0 Å². The third-order valence-corrected chi connectivity index (χ3v) is 1.72. The zero-order valence-corrected chi connectivity index (χ0v) is 9.16. The van der Waals surface area contributed by atoms with Gasteiger partial charge in [0, 0.05) is 19.4 Å². The van der Waals surface area contributed by atoms with Gasteiger partial charge in [0.1, 0.15) is 0 Å². The number of carbonyl (C=O) groups excluding carboxylic acids is 2. The molecule has 0 aromatic heterocycles. The Morgan fingerprint density at radius 2 is 2.00 bits per heavy atom. The lowest BCUT2D eigenvalue weighted by atomic mass is 10.0. The number of urea groups is 1. The molecule has 0 aromatic carbocycles. The summed E-state index contributed by atoms with van der Waals surface area (Å²) >= 11 is 0. The molecule has 3 amide bonds. The summed E-state index contributed by atoms with van der Waals surface area (Å²) in [5.41, 5.74) is 0. The number of amides is 3. The summed E-state index contributed by atoms with van der Waals surface area (Å²) in [7, 11) is 0. The number of nitrogens with one attached hydrogen (secondary N) is 2. The summed E-state index contributed by atoms with van der Waals surface area (Å²) < 4.78 is 0. The molecule has 0 rings (SSSR count). The quantitative estimate of drug-likeness (QED) is 0.577. The van der Waals surface area contributed by atoms with Crippen LogP contribution in [0.15, 0.2) is 12.7 Å². The second-order valence-corrected chi connectivity index (χ2v) is 3.45. The lowest BCUT2D eigenvalue weighted by molar-refractivity contribution is -0.138. The van der Waals surface area contributed by atoms with Gasteiger partial charge in [0.2, 0.25) is 5.91 Å². The van der Waals surface area contributed by atoms with Crippen LogP contribution < -0.4 is 10.6 Å². The molecule has 0 aliphatic rings. The molecule has 0 heterocycles. The Balaban J connectivity index is 3.84. The van der Waals surface area contributed by atoms with E-state index in [0.717, 1.165) is 0 Å². The Kier molecular flexibility index (Phi) is 6.58. The van der Waals surface area contributed by atoms with Crippen molar-refractivity contribution in [1.82, 2.24) is 10.6 Å². The second kappa shape index (κ2) is 7.44. The van der Waals surface area contributed by atoms with E-state index in [4.69, 9.17) is 5.11 Å². The number of carboxylic acids is 1. The molecule has 3 N–H and O–H groups in total. The van der Waals surface area contributed by atoms with Gasteiger partial charge in [-0.05, 0) is 5.92 Å². The van der Waals surface area contributed by atoms with Crippen LogP contribution in [0.25, 0.3) is 0 Å². The van der Waals surface area contributed by atoms with Gasteiger partial charge in [0.25, 0.3) is 0 Å². The van der Waals surface area contributed by atoms with E-state index in [-0.39, 0.29) is 25.3 Å². The number of rotatable bonds is 6. The summed E-state index contributed by atoms with van der Waals surface area (Å²) in [5.74, 6) is -1.75. The summed E-state index contributed by atoms with van der Waals surface area (Å²) in [6.45, 7) is 5.30. The van der Waals surface area contributed by atoms with Gasteiger partial charge in [-0.25, -0.2) is 4.79 Å². The first kappa shape index (κ1) is 14.2. The minimum Gasteiger partial charge on any atom is -0.481 e. The molecular weight excluding hydrogens is 212 g/mol. The lowest BCUT2D eigenvalue weighted by Crippen LogP contribution is -2.40. The Morgan fingerprint density at radius 3 is 2.50 bits per heavy atom. The molecule has 0 aromatic rings. The first-order valence-electron chi connectivity index (χ1n) is 4.86. The molecule has 1 unspecified atom stereocenters. The van der Waals surface area contributed by atoms with Crippen LogP contribution >= 0.6 is 0 Å². The Morgan fingerprint density at radius 1 is 1.38 bits per heavy atom. The van der Waals surface area contributed by atoms with Crippen LogP contribution in [0.2, 0.25) is 0 Å². The van der Waals surface area contributed by atoms with Crippen LogP contribution in [0.4, 0.5) is 4.79 Å². The molecule has 0 fully saturated rings. The maximum atomic E-state index is 11.2. The number of carbonyl (C=O) groups is 3. The highest BCUT2D eigenvalue weighted by Crippen LogP contribution is 2.06. The van der Waals surface area contributed by atoms with Crippen molar-refractivity contribution in [2.24, 2.45) is 5.92 Å². The van der Waals surface area contributed by atoms with Crippen molar-refractivity contribution < 1.29 is 19.5 Å². The Hall–Kier alpha value is -1.85. The molecule has 90 valence electrons. The van der Waals surface area contributed by atoms with Crippen molar-refractivity contribution in [2.45, 2.75) is 19.8 Å². The van der Waals surface area contributed by atoms with Gasteiger partial charge in [0.05, 0.1) is 0 Å². The normalized spacial score (nSPS) is 11.3. The van der Waals surface area contributed by atoms with Crippen LogP contribution in [-0.2, 0) is 9.59 Å². The van der Waals surface area contributed by atoms with Crippen LogP contribution in [0.1, 0.15) is 19.8 Å². The number of hydrogen-bond donors (Lipinski definition) is 3. The van der Waals surface area contributed by atoms with E-state index in [1.54, 1.807) is 6.92 Å². The van der Waals surface area contributed by atoms with Gasteiger partial charge >= 0.3 is 12.0 Å². The monoisotopic (exact) mass is 228 g/mol. The highest BCUT2D eigenvalue weighted by Gasteiger charge is 2.14. The van der Waals surface area contributed by atoms with E-state index >= 15 is 0 Å². The van der Waals surface area contributed by atoms with Gasteiger partial charge in [-0.3, -0.25) is 14.9 Å². The minimum atomic E-state index is -0.962. The fourth-order valence-corrected chi connectivity index (χ4v) is 1.07. The van der Waals surface area contributed by atoms with E-state index in [0.29, 0.717) is 0 Å². The fraction of sp³-hybridized carbons (Fsp3) is 0.500. The molecular formula is C10H16N2O4. The summed E-state index contributed by atoms with van der Waals surface area (Å²) in [4.78, 5) is 32.6. The average molecular weight is 228 g/mol. The molecule has 1 atom stereocenters. The third-order valence-electron chi connectivity index (χ3n) is 1.72. The topological polar surface area (TPSA) is 95.5 Å². The van der Waals surface area contributed by atoms with Crippen LogP contribution in [0, 0.1) is 5.92 Å². The highest BCUT2D eigenvalue weighted by atomic mass is 16.4. The molecule has 6 nitrogen and oxygen atoms in total. The average Bonchev–Trinajstić information content (AvgIpc) is 2.12. The van der Waals surface area contributed by atoms with E-state index in [9.17, 15) is 14.4 Å². The van der Waals surface area contributed by atoms with Crippen molar-refractivity contribution in [2.75, 3.05) is 6.54 Å². The fourth-order valence-electron chi connectivity index (χ4n) is 1.07. The first-order chi connectivity index (χ1) is 7.45. The number of imide groups is 1. The van der Waals surface area contributed by atoms with Crippen molar-refractivity contribution in [3.05, 3.63) is 12.7 Å². The summed E-state index contributed by atoms with van der Waals surface area (Å²) in [5, 5.41) is 12.9. The van der Waals surface area contributed by atoms with E-state index in [2.05, 4.69) is 17.2 Å². The first-order valence-corrected chi connectivity index (χ1v) is 4.86. The highest BCUT2D eigenvalue weighted by molar-refractivity contribution is 5.94. The molecule has 0 bridgehead atoms. The lowest BCUT2D eigenvalue weighted by Gasteiger charge is -2.08. The largest absolute Gasteiger partial charge is 0.481 e. The third kappa shape index (κ3) is 7.54. The minimum absolute atomic E-state index is 0.00775. The molecule has 0 saturated heterocycles. The molecule has 6 heteroatoms. The van der Waals surface area contributed by atoms with E-state index < -0.39 is 17.9 Å². The second-order valence-electron chi connectivity index (χ2n) is 3.45. The van der Waals surface area contributed by atoms with Gasteiger partial charge in [-0.1, -0.05) is 13.0 Å². The van der Waals surface area contributed by atoms with E-state index in [1.807, 2.05) is 0 Å². The smallest absolute Gasteiger partial charge is 0.321 e. The maximum Gasteiger partial charge on any atom is 0.321 e. The van der Waals surface area contributed by atoms with Crippen LogP contribution in [0.5, 0.6) is 0 Å². The van der Waals surface area contributed by atoms with Crippen molar-refractivity contribution >= 4 is 17.9 Å². The predicted octanol–water partition coefficient (Wildman–Crippen LogP) is 0.499. The van der Waals surface area contributed by atoms with Crippen molar-refractivity contribution in [3.63, 3.8) is 0 Å². The maximum absolute atomic E-state index is 11.2. The van der Waals surface area contributed by atoms with Crippen molar-refractivity contribution in [1.29, 1.82) is 0 Å².